The molecular weight excluding hydrogens is 268 g/mol. The molecule has 0 amide bonds. The van der Waals surface area contributed by atoms with Crippen LogP contribution in [0.4, 0.5) is 0 Å². The van der Waals surface area contributed by atoms with Crippen molar-refractivity contribution in [3.63, 3.8) is 0 Å². The van der Waals surface area contributed by atoms with Gasteiger partial charge in [-0.3, -0.25) is 4.79 Å². The number of aliphatic carboxylic acids is 1. The molecule has 0 bridgehead atoms. The fourth-order valence-corrected chi connectivity index (χ4v) is 3.45. The average Bonchev–Trinajstić information content (AvgIpc) is 2.43. The molecule has 0 aliphatic rings. The molecule has 0 saturated heterocycles. The number of carbonyl (C=O) groups is 1. The monoisotopic (exact) mass is 302 g/mol. The summed E-state index contributed by atoms with van der Waals surface area (Å²) >= 11 is 1.66. The predicted octanol–water partition coefficient (Wildman–Crippen LogP) is 5.89. The van der Waals surface area contributed by atoms with Gasteiger partial charge in [-0.25, -0.2) is 0 Å². The molecule has 0 aromatic carbocycles. The van der Waals surface area contributed by atoms with Crippen molar-refractivity contribution in [1.82, 2.24) is 0 Å². The maximum atomic E-state index is 11.2. The van der Waals surface area contributed by atoms with Gasteiger partial charge in [-0.1, -0.05) is 78.1 Å². The summed E-state index contributed by atoms with van der Waals surface area (Å²) in [6.45, 7) is 4.44. The molecule has 0 aliphatic heterocycles. The summed E-state index contributed by atoms with van der Waals surface area (Å²) in [4.78, 5) is 11.2. The smallest absolute Gasteiger partial charge is 0.316 e. The molecule has 3 heteroatoms. The molecule has 0 spiro atoms. The van der Waals surface area contributed by atoms with Gasteiger partial charge in [0, 0.05) is 0 Å². The third kappa shape index (κ3) is 12.8. The van der Waals surface area contributed by atoms with Crippen molar-refractivity contribution in [3.05, 3.63) is 0 Å². The van der Waals surface area contributed by atoms with Crippen LogP contribution in [0.3, 0.4) is 0 Å². The zero-order valence-electron chi connectivity index (χ0n) is 13.5. The molecule has 0 aromatic rings. The minimum absolute atomic E-state index is 0.174. The van der Waals surface area contributed by atoms with E-state index in [4.69, 9.17) is 0 Å². The van der Waals surface area contributed by atoms with E-state index >= 15 is 0 Å². The summed E-state index contributed by atoms with van der Waals surface area (Å²) in [5.41, 5.74) is 0. The Morgan fingerprint density at radius 1 is 0.850 bits per heavy atom. The first-order valence-electron chi connectivity index (χ1n) is 8.56. The Balaban J connectivity index is 3.53. The second-order valence-electron chi connectivity index (χ2n) is 5.67. The maximum absolute atomic E-state index is 11.2. The van der Waals surface area contributed by atoms with Crippen LogP contribution in [0.15, 0.2) is 0 Å². The Bertz CT molecular complexity index is 203. The van der Waals surface area contributed by atoms with Crippen LogP contribution >= 0.6 is 11.8 Å². The van der Waals surface area contributed by atoms with Crippen molar-refractivity contribution < 1.29 is 9.90 Å². The SMILES string of the molecule is CCCCCCCCC(SCCCCCCC)C(=O)O. The van der Waals surface area contributed by atoms with Crippen LogP contribution < -0.4 is 0 Å². The standard InChI is InChI=1S/C17H34O2S/c1-3-5-7-9-10-12-14-16(17(18)19)20-15-13-11-8-6-4-2/h16H,3-15H2,1-2H3,(H,18,19). The van der Waals surface area contributed by atoms with Gasteiger partial charge in [0.25, 0.3) is 0 Å². The van der Waals surface area contributed by atoms with E-state index < -0.39 is 5.97 Å². The summed E-state index contributed by atoms with van der Waals surface area (Å²) in [5.74, 6) is 0.397. The van der Waals surface area contributed by atoms with Gasteiger partial charge >= 0.3 is 5.97 Å². The molecule has 1 unspecified atom stereocenters. The van der Waals surface area contributed by atoms with Gasteiger partial charge in [0.2, 0.25) is 0 Å². The number of rotatable bonds is 15. The number of hydrogen-bond acceptors (Lipinski definition) is 2. The van der Waals surface area contributed by atoms with Crippen molar-refractivity contribution in [2.24, 2.45) is 0 Å². The number of carboxylic acids is 1. The lowest BCUT2D eigenvalue weighted by atomic mass is 10.1. The molecular formula is C17H34O2S. The van der Waals surface area contributed by atoms with Gasteiger partial charge < -0.3 is 5.11 Å². The molecule has 120 valence electrons. The van der Waals surface area contributed by atoms with E-state index in [1.54, 1.807) is 11.8 Å². The second kappa shape index (κ2) is 15.2. The second-order valence-corrected chi connectivity index (χ2v) is 6.98. The number of hydrogen-bond donors (Lipinski definition) is 1. The van der Waals surface area contributed by atoms with E-state index in [9.17, 15) is 9.90 Å². The highest BCUT2D eigenvalue weighted by Crippen LogP contribution is 2.21. The number of unbranched alkanes of at least 4 members (excludes halogenated alkanes) is 9. The van der Waals surface area contributed by atoms with Gasteiger partial charge in [-0.15, -0.1) is 11.8 Å². The van der Waals surface area contributed by atoms with Crippen LogP contribution in [-0.4, -0.2) is 22.1 Å². The Hall–Kier alpha value is -0.180. The first kappa shape index (κ1) is 19.8. The summed E-state index contributed by atoms with van der Waals surface area (Å²) in [7, 11) is 0. The molecule has 0 saturated carbocycles. The first-order valence-corrected chi connectivity index (χ1v) is 9.61. The minimum atomic E-state index is -0.614. The largest absolute Gasteiger partial charge is 0.480 e. The molecule has 1 N–H and O–H groups in total. The van der Waals surface area contributed by atoms with Crippen LogP contribution in [0.1, 0.15) is 90.9 Å². The third-order valence-corrected chi connectivity index (χ3v) is 5.03. The lowest BCUT2D eigenvalue weighted by Gasteiger charge is -2.11. The fourth-order valence-electron chi connectivity index (χ4n) is 2.32. The molecule has 0 rings (SSSR count). The number of carboxylic acid groups (broad SMARTS) is 1. The van der Waals surface area contributed by atoms with E-state index in [1.165, 1.54) is 64.2 Å². The van der Waals surface area contributed by atoms with Gasteiger partial charge in [-0.2, -0.15) is 0 Å². The fraction of sp³-hybridized carbons (Fsp3) is 0.941. The highest BCUT2D eigenvalue weighted by Gasteiger charge is 2.16. The Morgan fingerprint density at radius 3 is 1.90 bits per heavy atom. The summed E-state index contributed by atoms with van der Waals surface area (Å²) < 4.78 is 0. The molecule has 0 heterocycles. The van der Waals surface area contributed by atoms with Gasteiger partial charge in [0.15, 0.2) is 0 Å². The third-order valence-electron chi connectivity index (χ3n) is 3.66. The Labute approximate surface area is 130 Å². The average molecular weight is 303 g/mol. The van der Waals surface area contributed by atoms with Crippen molar-refractivity contribution in [2.75, 3.05) is 5.75 Å². The van der Waals surface area contributed by atoms with Crippen molar-refractivity contribution in [3.8, 4) is 0 Å². The highest BCUT2D eigenvalue weighted by atomic mass is 32.2. The van der Waals surface area contributed by atoms with Crippen LogP contribution in [0.2, 0.25) is 0 Å². The number of thioether (sulfide) groups is 1. The quantitative estimate of drug-likeness (QED) is 0.383. The molecule has 0 aliphatic carbocycles. The lowest BCUT2D eigenvalue weighted by molar-refractivity contribution is -0.136. The summed E-state index contributed by atoms with van der Waals surface area (Å²) in [6.07, 6.45) is 14.6. The van der Waals surface area contributed by atoms with Crippen molar-refractivity contribution in [1.29, 1.82) is 0 Å². The first-order chi connectivity index (χ1) is 9.72. The molecule has 2 nitrogen and oxygen atoms in total. The van der Waals surface area contributed by atoms with Gasteiger partial charge in [-0.05, 0) is 18.6 Å². The molecule has 0 fully saturated rings. The van der Waals surface area contributed by atoms with Crippen LogP contribution in [-0.2, 0) is 4.79 Å². The zero-order chi connectivity index (χ0) is 15.1. The zero-order valence-corrected chi connectivity index (χ0v) is 14.3. The van der Waals surface area contributed by atoms with Crippen molar-refractivity contribution in [2.45, 2.75) is 96.1 Å². The molecule has 0 radical (unpaired) electrons. The van der Waals surface area contributed by atoms with Gasteiger partial charge in [0.05, 0.1) is 0 Å². The lowest BCUT2D eigenvalue weighted by Crippen LogP contribution is -2.16. The minimum Gasteiger partial charge on any atom is -0.480 e. The molecule has 20 heavy (non-hydrogen) atoms. The van der Waals surface area contributed by atoms with E-state index in [1.807, 2.05) is 0 Å². The van der Waals surface area contributed by atoms with E-state index in [0.29, 0.717) is 0 Å². The van der Waals surface area contributed by atoms with Crippen molar-refractivity contribution >= 4 is 17.7 Å². The predicted molar refractivity (Wildman–Crippen MR) is 90.6 cm³/mol. The Kier molecular flexibility index (Phi) is 15.1. The summed E-state index contributed by atoms with van der Waals surface area (Å²) in [6, 6.07) is 0. The molecule has 0 aromatic heterocycles. The normalized spacial score (nSPS) is 12.5. The van der Waals surface area contributed by atoms with E-state index in [2.05, 4.69) is 13.8 Å². The Morgan fingerprint density at radius 2 is 1.35 bits per heavy atom. The van der Waals surface area contributed by atoms with Crippen LogP contribution in [0.5, 0.6) is 0 Å². The maximum Gasteiger partial charge on any atom is 0.316 e. The molecule has 1 atom stereocenters. The van der Waals surface area contributed by atoms with Crippen LogP contribution in [0, 0.1) is 0 Å². The topological polar surface area (TPSA) is 37.3 Å². The van der Waals surface area contributed by atoms with E-state index in [0.717, 1.165) is 18.6 Å². The van der Waals surface area contributed by atoms with Crippen LogP contribution in [0.25, 0.3) is 0 Å². The highest BCUT2D eigenvalue weighted by molar-refractivity contribution is 8.00. The van der Waals surface area contributed by atoms with Gasteiger partial charge in [0.1, 0.15) is 5.25 Å². The van der Waals surface area contributed by atoms with E-state index in [-0.39, 0.29) is 5.25 Å². The summed E-state index contributed by atoms with van der Waals surface area (Å²) in [5, 5.41) is 9.06.